The highest BCUT2D eigenvalue weighted by Crippen LogP contribution is 1.92. The van der Waals surface area contributed by atoms with Crippen molar-refractivity contribution in [1.82, 2.24) is 10.5 Å². The van der Waals surface area contributed by atoms with Crippen molar-refractivity contribution in [1.29, 1.82) is 0 Å². The number of likely N-dealkylation sites (N-methyl/N-ethyl adjacent to an activating group) is 1. The number of hydrogen-bond donors (Lipinski definition) is 3. The molecule has 0 aliphatic heterocycles. The van der Waals surface area contributed by atoms with Gasteiger partial charge in [-0.2, -0.15) is 0 Å². The third-order valence-electron chi connectivity index (χ3n) is 1.41. The van der Waals surface area contributed by atoms with Crippen LogP contribution in [0.3, 0.4) is 0 Å². The Morgan fingerprint density at radius 2 is 2.42 bits per heavy atom. The molecule has 3 N–H and O–H groups in total. The van der Waals surface area contributed by atoms with Gasteiger partial charge in [-0.3, -0.25) is 4.79 Å². The van der Waals surface area contributed by atoms with E-state index in [1.54, 1.807) is 19.9 Å². The summed E-state index contributed by atoms with van der Waals surface area (Å²) in [6.45, 7) is 5.09. The molecule has 0 aromatic heterocycles. The summed E-state index contributed by atoms with van der Waals surface area (Å²) < 4.78 is 0. The van der Waals surface area contributed by atoms with Crippen LogP contribution in [0.25, 0.3) is 0 Å². The van der Waals surface area contributed by atoms with E-state index in [2.05, 4.69) is 17.1 Å². The summed E-state index contributed by atoms with van der Waals surface area (Å²) in [6.07, 6.45) is 2.14. The molecule has 0 aliphatic rings. The zero-order valence-electron chi connectivity index (χ0n) is 7.50. The second-order valence-corrected chi connectivity index (χ2v) is 2.53. The molecule has 0 aliphatic carbocycles. The maximum Gasteiger partial charge on any atom is 0.374 e. The fraction of sp³-hybridized carbons (Fsp3) is 0.571. The molecule has 12 heavy (non-hydrogen) atoms. The van der Waals surface area contributed by atoms with Gasteiger partial charge in [0.05, 0.1) is 6.04 Å². The van der Waals surface area contributed by atoms with E-state index in [0.29, 0.717) is 6.42 Å². The third kappa shape index (κ3) is 4.15. The van der Waals surface area contributed by atoms with Gasteiger partial charge in [-0.15, -0.1) is 6.58 Å². The van der Waals surface area contributed by atoms with Crippen LogP contribution in [-0.4, -0.2) is 31.1 Å². The molecule has 0 saturated carbocycles. The average Bonchev–Trinajstić information content (AvgIpc) is 2.01. The zero-order valence-corrected chi connectivity index (χ0v) is 7.50. The molecule has 0 saturated heterocycles. The Balaban J connectivity index is 4.02. The Morgan fingerprint density at radius 1 is 1.83 bits per heavy atom. The molecular weight excluding hydrogens is 155 g/mol. The molecule has 5 heteroatoms. The zero-order chi connectivity index (χ0) is 9.56. The Kier molecular flexibility index (Phi) is 5.41. The molecule has 1 amide bonds. The minimum absolute atomic E-state index is 0.143. The van der Waals surface area contributed by atoms with Crippen LogP contribution in [0.1, 0.15) is 6.42 Å². The summed E-state index contributed by atoms with van der Waals surface area (Å²) in [4.78, 5) is 11.1. The van der Waals surface area contributed by atoms with E-state index in [1.807, 2.05) is 0 Å². The molecule has 0 spiro atoms. The summed E-state index contributed by atoms with van der Waals surface area (Å²) in [5.74, 6) is -0.143. The lowest BCUT2D eigenvalue weighted by atomic mass is 9.86. The van der Waals surface area contributed by atoms with E-state index >= 15 is 0 Å². The van der Waals surface area contributed by atoms with Crippen LogP contribution in [0.2, 0.25) is 6.82 Å². The van der Waals surface area contributed by atoms with Crippen LogP contribution in [0.5, 0.6) is 0 Å². The highest BCUT2D eigenvalue weighted by molar-refractivity contribution is 6.46. The molecule has 0 radical (unpaired) electrons. The van der Waals surface area contributed by atoms with Gasteiger partial charge < -0.3 is 15.6 Å². The quantitative estimate of drug-likeness (QED) is 0.380. The standard InChI is InChI=1S/C7H15BN2O2/c1-4-5-6(7(11)9-3)10-8(2)12/h4,6,10,12H,1,5H2,2-3H3,(H,9,11)/t6-/m1/s1. The Bertz CT molecular complexity index is 161. The van der Waals surface area contributed by atoms with Gasteiger partial charge in [-0.1, -0.05) is 6.08 Å². The molecule has 0 rings (SSSR count). The van der Waals surface area contributed by atoms with E-state index < -0.39 is 13.1 Å². The molecule has 0 aromatic carbocycles. The van der Waals surface area contributed by atoms with Gasteiger partial charge in [0.25, 0.3) is 0 Å². The Labute approximate surface area is 73.2 Å². The molecule has 68 valence electrons. The SMILES string of the molecule is C=CC[C@@H](NB(C)O)C(=O)NC. The van der Waals surface area contributed by atoms with E-state index in [1.165, 1.54) is 0 Å². The van der Waals surface area contributed by atoms with Gasteiger partial charge in [0, 0.05) is 7.05 Å². The van der Waals surface area contributed by atoms with Crippen molar-refractivity contribution < 1.29 is 9.82 Å². The van der Waals surface area contributed by atoms with Gasteiger partial charge >= 0.3 is 7.05 Å². The molecule has 1 atom stereocenters. The predicted molar refractivity (Wildman–Crippen MR) is 49.6 cm³/mol. The maximum atomic E-state index is 11.1. The fourth-order valence-corrected chi connectivity index (χ4v) is 0.883. The van der Waals surface area contributed by atoms with Gasteiger partial charge in [0.1, 0.15) is 0 Å². The summed E-state index contributed by atoms with van der Waals surface area (Å²) >= 11 is 0. The number of amides is 1. The van der Waals surface area contributed by atoms with Gasteiger partial charge in [0.2, 0.25) is 5.91 Å². The van der Waals surface area contributed by atoms with Crippen LogP contribution in [-0.2, 0) is 4.79 Å². The van der Waals surface area contributed by atoms with Crippen LogP contribution < -0.4 is 10.5 Å². The smallest absolute Gasteiger partial charge is 0.374 e. The summed E-state index contributed by atoms with van der Waals surface area (Å²) in [5.41, 5.74) is 0. The van der Waals surface area contributed by atoms with E-state index in [-0.39, 0.29) is 5.91 Å². The van der Waals surface area contributed by atoms with Crippen molar-refractivity contribution in [2.24, 2.45) is 0 Å². The van der Waals surface area contributed by atoms with Crippen LogP contribution >= 0.6 is 0 Å². The Hall–Kier alpha value is -0.805. The first-order valence-electron chi connectivity index (χ1n) is 3.88. The molecule has 0 aromatic rings. The summed E-state index contributed by atoms with van der Waals surface area (Å²) in [6, 6.07) is -0.396. The van der Waals surface area contributed by atoms with Crippen LogP contribution in [0.15, 0.2) is 12.7 Å². The van der Waals surface area contributed by atoms with Crippen molar-refractivity contribution in [3.05, 3.63) is 12.7 Å². The second kappa shape index (κ2) is 5.80. The normalized spacial score (nSPS) is 11.9. The molecule has 0 unspecified atom stereocenters. The molecule has 0 bridgehead atoms. The lowest BCUT2D eigenvalue weighted by Crippen LogP contribution is -2.48. The highest BCUT2D eigenvalue weighted by Gasteiger charge is 2.17. The minimum atomic E-state index is -0.688. The number of carbonyl (C=O) groups is 1. The highest BCUT2D eigenvalue weighted by atomic mass is 16.2. The van der Waals surface area contributed by atoms with Crippen molar-refractivity contribution >= 4 is 13.0 Å². The van der Waals surface area contributed by atoms with E-state index in [0.717, 1.165) is 0 Å². The molecular formula is C7H15BN2O2. The molecule has 4 nitrogen and oxygen atoms in total. The summed E-state index contributed by atoms with van der Waals surface area (Å²) in [5, 5.41) is 14.2. The first kappa shape index (κ1) is 11.2. The van der Waals surface area contributed by atoms with Crippen molar-refractivity contribution in [3.8, 4) is 0 Å². The monoisotopic (exact) mass is 170 g/mol. The van der Waals surface area contributed by atoms with Crippen LogP contribution in [0.4, 0.5) is 0 Å². The second-order valence-electron chi connectivity index (χ2n) is 2.53. The number of nitrogens with one attached hydrogen (secondary N) is 2. The third-order valence-corrected chi connectivity index (χ3v) is 1.41. The molecule has 0 heterocycles. The lowest BCUT2D eigenvalue weighted by molar-refractivity contribution is -0.122. The first-order valence-corrected chi connectivity index (χ1v) is 3.88. The topological polar surface area (TPSA) is 61.4 Å². The van der Waals surface area contributed by atoms with E-state index in [9.17, 15) is 4.79 Å². The average molecular weight is 170 g/mol. The fourth-order valence-electron chi connectivity index (χ4n) is 0.883. The van der Waals surface area contributed by atoms with Crippen LogP contribution in [0, 0.1) is 0 Å². The molecule has 0 fully saturated rings. The first-order chi connectivity index (χ1) is 5.61. The number of carbonyl (C=O) groups excluding carboxylic acids is 1. The van der Waals surface area contributed by atoms with Crippen molar-refractivity contribution in [2.75, 3.05) is 7.05 Å². The largest absolute Gasteiger partial charge is 0.437 e. The number of rotatable bonds is 5. The van der Waals surface area contributed by atoms with Gasteiger partial charge in [-0.25, -0.2) is 0 Å². The lowest BCUT2D eigenvalue weighted by Gasteiger charge is -2.15. The van der Waals surface area contributed by atoms with Gasteiger partial charge in [-0.05, 0) is 13.2 Å². The number of hydrogen-bond acceptors (Lipinski definition) is 3. The predicted octanol–water partition coefficient (Wildman–Crippen LogP) is -0.623. The van der Waals surface area contributed by atoms with Crippen molar-refractivity contribution in [2.45, 2.75) is 19.3 Å². The Morgan fingerprint density at radius 3 is 2.75 bits per heavy atom. The van der Waals surface area contributed by atoms with Gasteiger partial charge in [0.15, 0.2) is 0 Å². The minimum Gasteiger partial charge on any atom is -0.437 e. The van der Waals surface area contributed by atoms with E-state index in [4.69, 9.17) is 5.02 Å². The van der Waals surface area contributed by atoms with Crippen molar-refractivity contribution in [3.63, 3.8) is 0 Å². The maximum absolute atomic E-state index is 11.1. The summed E-state index contributed by atoms with van der Waals surface area (Å²) in [7, 11) is 0.870.